The summed E-state index contributed by atoms with van der Waals surface area (Å²) in [6.45, 7) is 0. The van der Waals surface area contributed by atoms with Gasteiger partial charge in [0.15, 0.2) is 0 Å². The van der Waals surface area contributed by atoms with Crippen LogP contribution < -0.4 is 0 Å². The lowest BCUT2D eigenvalue weighted by molar-refractivity contribution is -0.384. The van der Waals surface area contributed by atoms with Crippen molar-refractivity contribution < 1.29 is 4.92 Å². The van der Waals surface area contributed by atoms with E-state index in [2.05, 4.69) is 0 Å². The lowest BCUT2D eigenvalue weighted by Gasteiger charge is -1.85. The van der Waals surface area contributed by atoms with Crippen LogP contribution in [0.2, 0.25) is 0 Å². The molecule has 0 aliphatic carbocycles. The lowest BCUT2D eigenvalue weighted by atomic mass is 10.3. The van der Waals surface area contributed by atoms with Gasteiger partial charge in [0.1, 0.15) is 0 Å². The summed E-state index contributed by atoms with van der Waals surface area (Å²) in [4.78, 5) is 9.59. The van der Waals surface area contributed by atoms with E-state index in [0.717, 1.165) is 0 Å². The highest BCUT2D eigenvalue weighted by Gasteiger charge is 2.19. The molecular formula is C6H5Cl4NO2Si. The van der Waals surface area contributed by atoms with E-state index in [0.29, 0.717) is 0 Å². The van der Waals surface area contributed by atoms with E-state index in [1.807, 2.05) is 0 Å². The molecule has 0 aromatic heterocycles. The van der Waals surface area contributed by atoms with Crippen LogP contribution >= 0.6 is 44.3 Å². The summed E-state index contributed by atoms with van der Waals surface area (Å²) < 4.78 is 0. The van der Waals surface area contributed by atoms with Crippen LogP contribution in [0.25, 0.3) is 0 Å². The average molecular weight is 293 g/mol. The number of nitro groups is 1. The molecule has 14 heavy (non-hydrogen) atoms. The molecule has 0 bridgehead atoms. The number of nitro benzene ring substituents is 1. The Morgan fingerprint density at radius 1 is 1.07 bits per heavy atom. The Hall–Kier alpha value is -0.00312. The Labute approximate surface area is 101 Å². The molecule has 78 valence electrons. The molecule has 1 aromatic carbocycles. The standard InChI is InChI=1S/C6H5NO2.Cl4Si/c8-7(9)6-4-2-1-3-5-6;1-5(2,3)4/h1-5H;. The van der Waals surface area contributed by atoms with Gasteiger partial charge in [-0.05, 0) is 0 Å². The lowest BCUT2D eigenvalue weighted by Crippen LogP contribution is -1.91. The van der Waals surface area contributed by atoms with Crippen molar-refractivity contribution in [2.24, 2.45) is 0 Å². The number of nitrogens with zero attached hydrogens (tertiary/aromatic N) is 1. The zero-order chi connectivity index (χ0) is 11.2. The number of para-hydroxylation sites is 1. The molecule has 0 saturated heterocycles. The minimum Gasteiger partial charge on any atom is -0.258 e. The van der Waals surface area contributed by atoms with E-state index in [4.69, 9.17) is 44.3 Å². The second-order valence-corrected chi connectivity index (χ2v) is 13.2. The number of benzene rings is 1. The summed E-state index contributed by atoms with van der Waals surface area (Å²) in [6, 6.07) is 7.93. The molecule has 0 amide bonds. The highest BCUT2D eigenvalue weighted by molar-refractivity contribution is 7.81. The highest BCUT2D eigenvalue weighted by Crippen LogP contribution is 2.23. The third-order valence-electron chi connectivity index (χ3n) is 0.967. The van der Waals surface area contributed by atoms with Crippen LogP contribution in [0.4, 0.5) is 5.69 Å². The Morgan fingerprint density at radius 3 is 1.64 bits per heavy atom. The SMILES string of the molecule is Cl[Si](Cl)(Cl)Cl.O=[N+]([O-])c1ccccc1. The van der Waals surface area contributed by atoms with E-state index in [9.17, 15) is 10.1 Å². The summed E-state index contributed by atoms with van der Waals surface area (Å²) in [7, 11) is 0. The van der Waals surface area contributed by atoms with Crippen LogP contribution in [0, 0.1) is 10.1 Å². The quantitative estimate of drug-likeness (QED) is 0.340. The van der Waals surface area contributed by atoms with Crippen molar-refractivity contribution in [2.45, 2.75) is 0 Å². The van der Waals surface area contributed by atoms with Gasteiger partial charge in [0.2, 0.25) is 0 Å². The third-order valence-corrected chi connectivity index (χ3v) is 0.967. The molecule has 8 heteroatoms. The molecule has 0 aliphatic heterocycles. The fourth-order valence-corrected chi connectivity index (χ4v) is 0.550. The predicted octanol–water partition coefficient (Wildman–Crippen LogP) is 3.97. The number of hydrogen-bond acceptors (Lipinski definition) is 2. The third kappa shape index (κ3) is 10.1. The van der Waals surface area contributed by atoms with Crippen molar-refractivity contribution in [2.75, 3.05) is 0 Å². The minimum atomic E-state index is -2.72. The monoisotopic (exact) mass is 291 g/mol. The van der Waals surface area contributed by atoms with E-state index in [-0.39, 0.29) is 5.69 Å². The molecule has 0 unspecified atom stereocenters. The Balaban J connectivity index is 0.000000292. The molecular weight excluding hydrogens is 288 g/mol. The van der Waals surface area contributed by atoms with E-state index in [1.54, 1.807) is 18.2 Å². The number of rotatable bonds is 1. The Kier molecular flexibility index (Phi) is 6.47. The maximum Gasteiger partial charge on any atom is 0.440 e. The molecule has 1 rings (SSSR count). The summed E-state index contributed by atoms with van der Waals surface area (Å²) in [5.74, 6) is 0. The fraction of sp³-hybridized carbons (Fsp3) is 0. The average Bonchev–Trinajstić information content (AvgIpc) is 2.03. The first-order valence-corrected chi connectivity index (χ1v) is 9.30. The van der Waals surface area contributed by atoms with Crippen LogP contribution in [-0.4, -0.2) is 10.2 Å². The molecule has 0 aliphatic rings. The topological polar surface area (TPSA) is 43.1 Å². The summed E-state index contributed by atoms with van der Waals surface area (Å²) >= 11 is 19.9. The molecule has 0 spiro atoms. The maximum absolute atomic E-state index is 10.0. The van der Waals surface area contributed by atoms with Crippen LogP contribution in [0.1, 0.15) is 0 Å². The summed E-state index contributed by atoms with van der Waals surface area (Å²) in [6.07, 6.45) is 0. The molecule has 0 N–H and O–H groups in total. The van der Waals surface area contributed by atoms with E-state index >= 15 is 0 Å². The molecule has 1 aromatic rings. The fourth-order valence-electron chi connectivity index (χ4n) is 0.550. The van der Waals surface area contributed by atoms with Crippen molar-refractivity contribution in [3.05, 3.63) is 40.4 Å². The van der Waals surface area contributed by atoms with Gasteiger partial charge < -0.3 is 0 Å². The molecule has 0 heterocycles. The van der Waals surface area contributed by atoms with Gasteiger partial charge in [0, 0.05) is 12.1 Å². The van der Waals surface area contributed by atoms with Crippen LogP contribution in [0.5, 0.6) is 0 Å². The van der Waals surface area contributed by atoms with Crippen molar-refractivity contribution in [1.29, 1.82) is 0 Å². The predicted molar refractivity (Wildman–Crippen MR) is 62.3 cm³/mol. The first kappa shape index (κ1) is 14.0. The summed E-state index contributed by atoms with van der Waals surface area (Å²) in [5, 5.41) is 7.28. The molecule has 0 fully saturated rings. The van der Waals surface area contributed by atoms with Gasteiger partial charge in [-0.3, -0.25) is 10.1 Å². The molecule has 0 atom stereocenters. The smallest absolute Gasteiger partial charge is 0.258 e. The normalized spacial score (nSPS) is 10.0. The van der Waals surface area contributed by atoms with Crippen molar-refractivity contribution in [3.63, 3.8) is 0 Å². The zero-order valence-corrected chi connectivity index (χ0v) is 10.7. The Morgan fingerprint density at radius 2 is 1.43 bits per heavy atom. The minimum absolute atomic E-state index is 0.137. The second-order valence-electron chi connectivity index (χ2n) is 2.02. The zero-order valence-electron chi connectivity index (χ0n) is 6.66. The van der Waals surface area contributed by atoms with E-state index < -0.39 is 10.2 Å². The molecule has 0 saturated carbocycles. The van der Waals surface area contributed by atoms with Crippen molar-refractivity contribution >= 4 is 55.3 Å². The van der Waals surface area contributed by atoms with Crippen molar-refractivity contribution in [1.82, 2.24) is 0 Å². The molecule has 0 radical (unpaired) electrons. The molecule has 3 nitrogen and oxygen atoms in total. The van der Waals surface area contributed by atoms with E-state index in [1.165, 1.54) is 12.1 Å². The van der Waals surface area contributed by atoms with Gasteiger partial charge in [-0.25, -0.2) is 0 Å². The number of halogens is 4. The van der Waals surface area contributed by atoms with Gasteiger partial charge >= 0.3 is 5.31 Å². The van der Waals surface area contributed by atoms with Crippen LogP contribution in [0.3, 0.4) is 0 Å². The Bertz CT molecular complexity index is 284. The largest absolute Gasteiger partial charge is 0.440 e. The van der Waals surface area contributed by atoms with Gasteiger partial charge in [-0.1, -0.05) is 18.2 Å². The number of non-ortho nitro benzene ring substituents is 1. The van der Waals surface area contributed by atoms with Crippen LogP contribution in [0.15, 0.2) is 30.3 Å². The van der Waals surface area contributed by atoms with Crippen molar-refractivity contribution in [3.8, 4) is 0 Å². The first-order valence-electron chi connectivity index (χ1n) is 3.26. The van der Waals surface area contributed by atoms with Gasteiger partial charge in [-0.2, -0.15) is 0 Å². The van der Waals surface area contributed by atoms with Gasteiger partial charge in [-0.15, -0.1) is 44.3 Å². The summed E-state index contributed by atoms with van der Waals surface area (Å²) in [5.41, 5.74) is 0.137. The number of hydrogen-bond donors (Lipinski definition) is 0. The maximum atomic E-state index is 10.0. The highest BCUT2D eigenvalue weighted by atomic mass is 36.0. The second kappa shape index (κ2) is 6.47. The van der Waals surface area contributed by atoms with Gasteiger partial charge in [0.05, 0.1) is 4.92 Å². The van der Waals surface area contributed by atoms with Gasteiger partial charge in [0.25, 0.3) is 5.69 Å². The first-order chi connectivity index (χ1) is 6.30. The van der Waals surface area contributed by atoms with Crippen LogP contribution in [-0.2, 0) is 0 Å².